The SMILES string of the molecule is COC(=O)c1cc(C(=O)c2ccc(Br)cc2)n2ccc(C)cc12. The molecule has 0 aliphatic carbocycles. The summed E-state index contributed by atoms with van der Waals surface area (Å²) < 4.78 is 7.46. The third-order valence-corrected chi connectivity index (χ3v) is 4.20. The van der Waals surface area contributed by atoms with Crippen molar-refractivity contribution in [3.63, 3.8) is 0 Å². The predicted molar refractivity (Wildman–Crippen MR) is 91.0 cm³/mol. The Morgan fingerprint density at radius 3 is 2.43 bits per heavy atom. The second kappa shape index (κ2) is 6.01. The molecule has 0 fully saturated rings. The summed E-state index contributed by atoms with van der Waals surface area (Å²) in [5.41, 5.74) is 3.05. The van der Waals surface area contributed by atoms with Crippen LogP contribution in [0.25, 0.3) is 5.52 Å². The van der Waals surface area contributed by atoms with E-state index in [9.17, 15) is 9.59 Å². The van der Waals surface area contributed by atoms with Crippen LogP contribution in [0.1, 0.15) is 32.0 Å². The standard InChI is InChI=1S/C18H14BrNO3/c1-11-7-8-20-15(9-11)14(18(22)23-2)10-16(20)17(21)12-3-5-13(19)6-4-12/h3-10H,1-2H3. The Kier molecular flexibility index (Phi) is 4.05. The zero-order valence-electron chi connectivity index (χ0n) is 12.7. The van der Waals surface area contributed by atoms with Gasteiger partial charge in [-0.05, 0) is 55.0 Å². The molecule has 3 aromatic rings. The van der Waals surface area contributed by atoms with Gasteiger partial charge in [0.1, 0.15) is 0 Å². The summed E-state index contributed by atoms with van der Waals surface area (Å²) in [4.78, 5) is 24.8. The van der Waals surface area contributed by atoms with E-state index in [0.717, 1.165) is 10.0 Å². The Hall–Kier alpha value is -2.40. The van der Waals surface area contributed by atoms with Crippen LogP contribution in [0.5, 0.6) is 0 Å². The van der Waals surface area contributed by atoms with Gasteiger partial charge in [-0.25, -0.2) is 4.79 Å². The minimum Gasteiger partial charge on any atom is -0.465 e. The lowest BCUT2D eigenvalue weighted by molar-refractivity contribution is 0.0603. The van der Waals surface area contributed by atoms with Crippen molar-refractivity contribution in [1.29, 1.82) is 0 Å². The van der Waals surface area contributed by atoms with E-state index in [0.29, 0.717) is 22.3 Å². The van der Waals surface area contributed by atoms with Crippen molar-refractivity contribution < 1.29 is 14.3 Å². The molecule has 3 rings (SSSR count). The Morgan fingerprint density at radius 1 is 1.09 bits per heavy atom. The number of halogens is 1. The highest BCUT2D eigenvalue weighted by Crippen LogP contribution is 2.22. The quantitative estimate of drug-likeness (QED) is 0.515. The predicted octanol–water partition coefficient (Wildman–Crippen LogP) is 4.03. The molecule has 0 spiro atoms. The number of fused-ring (bicyclic) bond motifs is 1. The molecule has 0 bridgehead atoms. The molecule has 0 radical (unpaired) electrons. The first kappa shape index (κ1) is 15.5. The normalized spacial score (nSPS) is 10.7. The van der Waals surface area contributed by atoms with Gasteiger partial charge in [0.05, 0.1) is 23.9 Å². The van der Waals surface area contributed by atoms with E-state index >= 15 is 0 Å². The number of aromatic nitrogens is 1. The van der Waals surface area contributed by atoms with Gasteiger partial charge < -0.3 is 9.14 Å². The number of nitrogens with zero attached hydrogens (tertiary/aromatic N) is 1. The lowest BCUT2D eigenvalue weighted by Crippen LogP contribution is -2.04. The van der Waals surface area contributed by atoms with Gasteiger partial charge in [0.25, 0.3) is 0 Å². The molecule has 23 heavy (non-hydrogen) atoms. The topological polar surface area (TPSA) is 47.8 Å². The van der Waals surface area contributed by atoms with Crippen molar-refractivity contribution in [2.24, 2.45) is 0 Å². The van der Waals surface area contributed by atoms with Crippen LogP contribution in [0.2, 0.25) is 0 Å². The van der Waals surface area contributed by atoms with Crippen LogP contribution in [0.3, 0.4) is 0 Å². The molecule has 0 saturated heterocycles. The monoisotopic (exact) mass is 371 g/mol. The van der Waals surface area contributed by atoms with Crippen molar-refractivity contribution in [2.75, 3.05) is 7.11 Å². The minimum absolute atomic E-state index is 0.147. The summed E-state index contributed by atoms with van der Waals surface area (Å²) in [6.45, 7) is 1.93. The molecule has 2 aromatic heterocycles. The molecule has 5 heteroatoms. The van der Waals surface area contributed by atoms with Gasteiger partial charge in [0, 0.05) is 16.2 Å². The highest BCUT2D eigenvalue weighted by molar-refractivity contribution is 9.10. The Morgan fingerprint density at radius 2 is 1.78 bits per heavy atom. The second-order valence-electron chi connectivity index (χ2n) is 5.23. The van der Waals surface area contributed by atoms with Gasteiger partial charge in [-0.1, -0.05) is 15.9 Å². The molecule has 0 unspecified atom stereocenters. The average Bonchev–Trinajstić information content (AvgIpc) is 2.92. The minimum atomic E-state index is -0.456. The number of carbonyl (C=O) groups is 2. The van der Waals surface area contributed by atoms with Gasteiger partial charge in [-0.3, -0.25) is 4.79 Å². The van der Waals surface area contributed by atoms with E-state index in [-0.39, 0.29) is 5.78 Å². The number of carbonyl (C=O) groups excluding carboxylic acids is 2. The summed E-state index contributed by atoms with van der Waals surface area (Å²) in [7, 11) is 1.33. The number of hydrogen-bond donors (Lipinski definition) is 0. The largest absolute Gasteiger partial charge is 0.465 e. The number of hydrogen-bond acceptors (Lipinski definition) is 3. The highest BCUT2D eigenvalue weighted by atomic mass is 79.9. The van der Waals surface area contributed by atoms with Crippen LogP contribution < -0.4 is 0 Å². The zero-order chi connectivity index (χ0) is 16.6. The van der Waals surface area contributed by atoms with Crippen molar-refractivity contribution in [2.45, 2.75) is 6.92 Å². The molecule has 0 saturated carbocycles. The van der Waals surface area contributed by atoms with E-state index in [2.05, 4.69) is 15.9 Å². The molecule has 1 aromatic carbocycles. The van der Waals surface area contributed by atoms with Gasteiger partial charge in [0.2, 0.25) is 5.78 Å². The maximum absolute atomic E-state index is 12.8. The van der Waals surface area contributed by atoms with Gasteiger partial charge in [0.15, 0.2) is 0 Å². The van der Waals surface area contributed by atoms with Gasteiger partial charge in [-0.15, -0.1) is 0 Å². The molecule has 116 valence electrons. The lowest BCUT2D eigenvalue weighted by Gasteiger charge is -2.04. The second-order valence-corrected chi connectivity index (χ2v) is 6.15. The van der Waals surface area contributed by atoms with Crippen LogP contribution in [0, 0.1) is 6.92 Å². The number of esters is 1. The number of rotatable bonds is 3. The van der Waals surface area contributed by atoms with Crippen molar-refractivity contribution in [1.82, 2.24) is 4.40 Å². The third-order valence-electron chi connectivity index (χ3n) is 3.67. The number of pyridine rings is 1. The Bertz CT molecular complexity index is 910. The maximum atomic E-state index is 12.8. The highest BCUT2D eigenvalue weighted by Gasteiger charge is 2.21. The summed E-state index contributed by atoms with van der Waals surface area (Å²) in [6, 6.07) is 12.5. The van der Waals surface area contributed by atoms with E-state index in [1.54, 1.807) is 28.8 Å². The van der Waals surface area contributed by atoms with E-state index < -0.39 is 5.97 Å². The van der Waals surface area contributed by atoms with Crippen LogP contribution in [0.4, 0.5) is 0 Å². The summed E-state index contributed by atoms with van der Waals surface area (Å²) >= 11 is 3.35. The van der Waals surface area contributed by atoms with Crippen LogP contribution in [0.15, 0.2) is 53.1 Å². The number of methoxy groups -OCH3 is 1. The number of ether oxygens (including phenoxy) is 1. The number of benzene rings is 1. The van der Waals surface area contributed by atoms with Crippen LogP contribution >= 0.6 is 15.9 Å². The molecule has 4 nitrogen and oxygen atoms in total. The molecule has 0 aliphatic heterocycles. The summed E-state index contributed by atoms with van der Waals surface area (Å²) in [5.74, 6) is -0.602. The fourth-order valence-corrected chi connectivity index (χ4v) is 2.77. The molecule has 0 N–H and O–H groups in total. The van der Waals surface area contributed by atoms with Crippen molar-refractivity contribution in [3.05, 3.63) is 75.5 Å². The molecule has 2 heterocycles. The van der Waals surface area contributed by atoms with Crippen molar-refractivity contribution >= 4 is 33.2 Å². The average molecular weight is 372 g/mol. The molecule has 0 atom stereocenters. The van der Waals surface area contributed by atoms with Crippen LogP contribution in [-0.2, 0) is 4.74 Å². The van der Waals surface area contributed by atoms with Crippen molar-refractivity contribution in [3.8, 4) is 0 Å². The lowest BCUT2D eigenvalue weighted by atomic mass is 10.1. The molecule has 0 amide bonds. The Labute approximate surface area is 141 Å². The maximum Gasteiger partial charge on any atom is 0.340 e. The van der Waals surface area contributed by atoms with E-state index in [1.807, 2.05) is 31.2 Å². The molecular formula is C18H14BrNO3. The molecular weight excluding hydrogens is 358 g/mol. The third kappa shape index (κ3) is 2.80. The van der Waals surface area contributed by atoms with E-state index in [4.69, 9.17) is 4.74 Å². The van der Waals surface area contributed by atoms with E-state index in [1.165, 1.54) is 7.11 Å². The number of ketones is 1. The summed E-state index contributed by atoms with van der Waals surface area (Å²) in [6.07, 6.45) is 1.79. The first-order valence-electron chi connectivity index (χ1n) is 7.01. The number of aryl methyl sites for hydroxylation is 1. The fraction of sp³-hybridized carbons (Fsp3) is 0.111. The smallest absolute Gasteiger partial charge is 0.340 e. The first-order chi connectivity index (χ1) is 11.0. The fourth-order valence-electron chi connectivity index (χ4n) is 2.50. The zero-order valence-corrected chi connectivity index (χ0v) is 14.3. The first-order valence-corrected chi connectivity index (χ1v) is 7.81. The van der Waals surface area contributed by atoms with Crippen LogP contribution in [-0.4, -0.2) is 23.3 Å². The summed E-state index contributed by atoms with van der Waals surface area (Å²) in [5, 5.41) is 0. The Balaban J connectivity index is 2.19. The van der Waals surface area contributed by atoms with Gasteiger partial charge in [-0.2, -0.15) is 0 Å². The molecule has 0 aliphatic rings. The van der Waals surface area contributed by atoms with Gasteiger partial charge >= 0.3 is 5.97 Å².